The molecule has 4 saturated heterocycles. The molecule has 0 bridgehead atoms. The lowest BCUT2D eigenvalue weighted by atomic mass is 9.57. The van der Waals surface area contributed by atoms with Gasteiger partial charge in [0, 0.05) is 40.0 Å². The Kier molecular flexibility index (Phi) is 6.92. The first kappa shape index (κ1) is 30.2. The lowest BCUT2D eigenvalue weighted by molar-refractivity contribution is -0.222. The van der Waals surface area contributed by atoms with E-state index in [1.165, 1.54) is 20.8 Å². The first-order valence-electron chi connectivity index (χ1n) is 13.9. The molecule has 1 aliphatic carbocycles. The molecule has 5 fully saturated rings. The summed E-state index contributed by atoms with van der Waals surface area (Å²) in [6, 6.07) is 0. The van der Waals surface area contributed by atoms with Crippen molar-refractivity contribution in [2.24, 2.45) is 17.3 Å². The average Bonchev–Trinajstić information content (AvgIpc) is 3.71. The summed E-state index contributed by atoms with van der Waals surface area (Å²) in [7, 11) is 0. The molecule has 0 amide bonds. The Hall–Kier alpha value is -3.26. The van der Waals surface area contributed by atoms with Gasteiger partial charge in [0.15, 0.2) is 17.3 Å². The zero-order valence-electron chi connectivity index (χ0n) is 24.7. The Labute approximate surface area is 241 Å². The maximum Gasteiger partial charge on any atom is 0.342 e. The van der Waals surface area contributed by atoms with Crippen LogP contribution in [0.5, 0.6) is 0 Å². The summed E-state index contributed by atoms with van der Waals surface area (Å²) >= 11 is 0. The smallest absolute Gasteiger partial charge is 0.342 e. The zero-order valence-corrected chi connectivity index (χ0v) is 24.7. The number of carbonyl (C=O) groups is 6. The van der Waals surface area contributed by atoms with Crippen LogP contribution in [0.2, 0.25) is 0 Å². The molecule has 12 unspecified atom stereocenters. The van der Waals surface area contributed by atoms with Crippen LogP contribution >= 0.6 is 0 Å². The number of hydrogen-bond acceptors (Lipinski definition) is 14. The maximum atomic E-state index is 13.4. The standard InChI is InChI=1S/C28H36O14/c1-11-18-20(39-15(5)32)28-22(40-24(34)27(28,8)42-28)21-25(6,41-21)9-16(36-12(2)29)19(38-14(4)31)26(18,7)17(37-13(3)30)10-35-23(11)33/h11,16-22H,9-10H2,1-8H3. The molecule has 4 heterocycles. The van der Waals surface area contributed by atoms with Crippen molar-refractivity contribution >= 4 is 35.8 Å². The van der Waals surface area contributed by atoms with Gasteiger partial charge in [0.2, 0.25) is 0 Å². The molecular formula is C28H36O14. The van der Waals surface area contributed by atoms with E-state index in [-0.39, 0.29) is 6.42 Å². The molecule has 0 aromatic carbocycles. The van der Waals surface area contributed by atoms with Gasteiger partial charge >= 0.3 is 35.8 Å². The van der Waals surface area contributed by atoms with Crippen LogP contribution in [0.15, 0.2) is 0 Å². The van der Waals surface area contributed by atoms with E-state index in [0.29, 0.717) is 0 Å². The summed E-state index contributed by atoms with van der Waals surface area (Å²) in [6.45, 7) is 10.5. The fourth-order valence-electron chi connectivity index (χ4n) is 7.64. The number of ether oxygens (including phenoxy) is 8. The molecule has 5 aliphatic rings. The molecule has 14 nitrogen and oxygen atoms in total. The van der Waals surface area contributed by atoms with Crippen LogP contribution in [0.3, 0.4) is 0 Å². The summed E-state index contributed by atoms with van der Waals surface area (Å²) < 4.78 is 47.0. The Morgan fingerprint density at radius 1 is 0.810 bits per heavy atom. The summed E-state index contributed by atoms with van der Waals surface area (Å²) in [6.07, 6.45) is -7.22. The van der Waals surface area contributed by atoms with Crippen molar-refractivity contribution in [1.82, 2.24) is 0 Å². The largest absolute Gasteiger partial charge is 0.461 e. The van der Waals surface area contributed by atoms with Crippen molar-refractivity contribution in [3.8, 4) is 0 Å². The third kappa shape index (κ3) is 4.28. The molecular weight excluding hydrogens is 560 g/mol. The molecule has 0 radical (unpaired) electrons. The van der Waals surface area contributed by atoms with Crippen molar-refractivity contribution in [3.05, 3.63) is 0 Å². The van der Waals surface area contributed by atoms with Crippen molar-refractivity contribution in [3.63, 3.8) is 0 Å². The molecule has 14 heteroatoms. The minimum Gasteiger partial charge on any atom is -0.461 e. The third-order valence-corrected chi connectivity index (χ3v) is 9.56. The molecule has 232 valence electrons. The van der Waals surface area contributed by atoms with Crippen molar-refractivity contribution in [2.45, 2.75) is 115 Å². The molecule has 1 spiro atoms. The molecule has 0 N–H and O–H groups in total. The van der Waals surface area contributed by atoms with E-state index in [1.807, 2.05) is 0 Å². The van der Waals surface area contributed by atoms with Crippen molar-refractivity contribution < 1.29 is 66.7 Å². The van der Waals surface area contributed by atoms with Gasteiger partial charge in [-0.1, -0.05) is 13.8 Å². The second-order valence-electron chi connectivity index (χ2n) is 12.4. The minimum absolute atomic E-state index is 0.0352. The molecule has 0 aromatic rings. The predicted molar refractivity (Wildman–Crippen MR) is 134 cm³/mol. The zero-order chi connectivity index (χ0) is 31.2. The normalized spacial score (nSPS) is 47.0. The Bertz CT molecular complexity index is 1250. The molecule has 42 heavy (non-hydrogen) atoms. The Balaban J connectivity index is 1.83. The van der Waals surface area contributed by atoms with E-state index in [1.54, 1.807) is 13.8 Å². The molecule has 12 atom stereocenters. The summed E-state index contributed by atoms with van der Waals surface area (Å²) in [4.78, 5) is 77.0. The Morgan fingerprint density at radius 3 is 1.93 bits per heavy atom. The van der Waals surface area contributed by atoms with Crippen LogP contribution in [0.1, 0.15) is 61.8 Å². The van der Waals surface area contributed by atoms with E-state index in [2.05, 4.69) is 0 Å². The van der Waals surface area contributed by atoms with Crippen LogP contribution in [-0.4, -0.2) is 95.8 Å². The number of carbonyl (C=O) groups excluding carboxylic acids is 6. The van der Waals surface area contributed by atoms with Crippen LogP contribution in [-0.2, 0) is 66.7 Å². The lowest BCUT2D eigenvalue weighted by Crippen LogP contribution is -2.65. The van der Waals surface area contributed by atoms with Gasteiger partial charge in [0.25, 0.3) is 0 Å². The number of fused-ring (bicyclic) bond motifs is 3. The molecule has 1 saturated carbocycles. The van der Waals surface area contributed by atoms with Gasteiger partial charge in [0.1, 0.15) is 37.1 Å². The van der Waals surface area contributed by atoms with Gasteiger partial charge in [-0.3, -0.25) is 24.0 Å². The third-order valence-electron chi connectivity index (χ3n) is 9.56. The second kappa shape index (κ2) is 9.63. The predicted octanol–water partition coefficient (Wildman–Crippen LogP) is 0.543. The van der Waals surface area contributed by atoms with E-state index in [9.17, 15) is 28.8 Å². The number of epoxide rings is 2. The van der Waals surface area contributed by atoms with Crippen LogP contribution in [0.25, 0.3) is 0 Å². The summed E-state index contributed by atoms with van der Waals surface area (Å²) in [5, 5.41) is 0. The quantitative estimate of drug-likeness (QED) is 0.249. The fourth-order valence-corrected chi connectivity index (χ4v) is 7.64. The highest BCUT2D eigenvalue weighted by atomic mass is 16.8. The van der Waals surface area contributed by atoms with Crippen LogP contribution < -0.4 is 0 Å². The number of hydrogen-bond donors (Lipinski definition) is 0. The van der Waals surface area contributed by atoms with E-state index < -0.39 is 113 Å². The monoisotopic (exact) mass is 596 g/mol. The minimum atomic E-state index is -1.65. The first-order valence-corrected chi connectivity index (χ1v) is 13.9. The van der Waals surface area contributed by atoms with E-state index in [0.717, 1.165) is 20.8 Å². The highest BCUT2D eigenvalue weighted by Crippen LogP contribution is 2.68. The number of esters is 6. The van der Waals surface area contributed by atoms with Gasteiger partial charge in [0.05, 0.1) is 16.9 Å². The van der Waals surface area contributed by atoms with Crippen molar-refractivity contribution in [2.75, 3.05) is 6.61 Å². The average molecular weight is 597 g/mol. The maximum absolute atomic E-state index is 13.4. The van der Waals surface area contributed by atoms with Gasteiger partial charge in [-0.25, -0.2) is 4.79 Å². The van der Waals surface area contributed by atoms with E-state index >= 15 is 0 Å². The lowest BCUT2D eigenvalue weighted by Gasteiger charge is -2.51. The van der Waals surface area contributed by atoms with Gasteiger partial charge < -0.3 is 37.9 Å². The molecule has 4 aliphatic heterocycles. The topological polar surface area (TPSA) is 183 Å². The van der Waals surface area contributed by atoms with Crippen LogP contribution in [0.4, 0.5) is 0 Å². The highest BCUT2D eigenvalue weighted by Gasteiger charge is 2.91. The highest BCUT2D eigenvalue weighted by molar-refractivity contribution is 5.89. The SMILES string of the molecule is CC(=O)OC1CC2(C)OC2C2OC(=O)C3(C)OC23C(OC(C)=O)C2C(C)C(=O)OCC(OC(C)=O)C2(C)C1OC(C)=O. The summed E-state index contributed by atoms with van der Waals surface area (Å²) in [5.74, 6) is -6.72. The molecule has 5 rings (SSSR count). The van der Waals surface area contributed by atoms with Crippen LogP contribution in [0, 0.1) is 17.3 Å². The van der Waals surface area contributed by atoms with Gasteiger partial charge in [-0.05, 0) is 13.8 Å². The van der Waals surface area contributed by atoms with Gasteiger partial charge in [-0.2, -0.15) is 0 Å². The van der Waals surface area contributed by atoms with Gasteiger partial charge in [-0.15, -0.1) is 0 Å². The molecule has 0 aromatic heterocycles. The number of rotatable bonds is 4. The fraction of sp³-hybridized carbons (Fsp3) is 0.786. The number of cyclic esters (lactones) is 1. The van der Waals surface area contributed by atoms with Crippen molar-refractivity contribution in [1.29, 1.82) is 0 Å². The Morgan fingerprint density at radius 2 is 1.38 bits per heavy atom. The summed E-state index contributed by atoms with van der Waals surface area (Å²) in [5.41, 5.74) is -5.93. The first-order chi connectivity index (χ1) is 19.4. The van der Waals surface area contributed by atoms with E-state index in [4.69, 9.17) is 37.9 Å². The second-order valence-corrected chi connectivity index (χ2v) is 12.4.